The van der Waals surface area contributed by atoms with Crippen LogP contribution in [0.1, 0.15) is 37.6 Å². The molecule has 5 heteroatoms. The average molecular weight is 327 g/mol. The van der Waals surface area contributed by atoms with Crippen LogP contribution in [0.3, 0.4) is 0 Å². The smallest absolute Gasteiger partial charge is 0.235 e. The normalized spacial score (nSPS) is 18.1. The lowest BCUT2D eigenvalue weighted by molar-refractivity contribution is -0.121. The van der Waals surface area contributed by atoms with Crippen LogP contribution in [0.2, 0.25) is 0 Å². The van der Waals surface area contributed by atoms with Crippen LogP contribution in [-0.4, -0.2) is 18.0 Å². The highest BCUT2D eigenvalue weighted by molar-refractivity contribution is 7.19. The number of amides is 1. The summed E-state index contributed by atoms with van der Waals surface area (Å²) in [5, 5.41) is 16.7. The van der Waals surface area contributed by atoms with Crippen molar-refractivity contribution in [2.24, 2.45) is 5.92 Å². The quantitative estimate of drug-likeness (QED) is 0.855. The molecule has 1 amide bonds. The molecule has 1 fully saturated rings. The molecule has 23 heavy (non-hydrogen) atoms. The van der Waals surface area contributed by atoms with E-state index in [2.05, 4.69) is 41.8 Å². The Labute approximate surface area is 140 Å². The number of fused-ring (bicyclic) bond motifs is 1. The molecule has 2 aromatic rings. The van der Waals surface area contributed by atoms with Crippen molar-refractivity contribution in [3.8, 4) is 6.07 Å². The number of hydrogen-bond donors (Lipinski definition) is 2. The molecular formula is C18H21N3OS. The van der Waals surface area contributed by atoms with E-state index in [1.807, 2.05) is 19.1 Å². The molecule has 3 rings (SSSR count). The highest BCUT2D eigenvalue weighted by atomic mass is 32.1. The third kappa shape index (κ3) is 3.54. The number of benzene rings is 1. The zero-order valence-corrected chi connectivity index (χ0v) is 14.2. The molecule has 1 heterocycles. The van der Waals surface area contributed by atoms with E-state index in [9.17, 15) is 10.1 Å². The van der Waals surface area contributed by atoms with Gasteiger partial charge in [-0.05, 0) is 50.1 Å². The molecule has 1 saturated carbocycles. The van der Waals surface area contributed by atoms with Gasteiger partial charge in [0.1, 0.15) is 5.54 Å². The zero-order chi connectivity index (χ0) is 16.4. The highest BCUT2D eigenvalue weighted by Gasteiger charge is 2.42. The molecule has 120 valence electrons. The van der Waals surface area contributed by atoms with Crippen LogP contribution < -0.4 is 10.6 Å². The van der Waals surface area contributed by atoms with Crippen molar-refractivity contribution in [2.45, 2.75) is 38.3 Å². The first kappa shape index (κ1) is 16.0. The minimum absolute atomic E-state index is 0.104. The Morgan fingerprint density at radius 1 is 1.48 bits per heavy atom. The summed E-state index contributed by atoms with van der Waals surface area (Å²) in [5.41, 5.74) is -0.723. The molecule has 0 saturated heterocycles. The molecule has 0 unspecified atom stereocenters. The van der Waals surface area contributed by atoms with E-state index in [1.54, 1.807) is 11.3 Å². The van der Waals surface area contributed by atoms with E-state index in [-0.39, 0.29) is 18.5 Å². The summed E-state index contributed by atoms with van der Waals surface area (Å²) in [6.45, 7) is 4.10. The lowest BCUT2D eigenvalue weighted by Gasteiger charge is -2.23. The summed E-state index contributed by atoms with van der Waals surface area (Å²) >= 11 is 1.74. The Kier molecular flexibility index (Phi) is 4.38. The van der Waals surface area contributed by atoms with Gasteiger partial charge in [0.15, 0.2) is 0 Å². The van der Waals surface area contributed by atoms with Gasteiger partial charge >= 0.3 is 0 Å². The largest absolute Gasteiger partial charge is 0.337 e. The maximum atomic E-state index is 12.1. The number of hydrogen-bond acceptors (Lipinski definition) is 4. The van der Waals surface area contributed by atoms with E-state index in [0.717, 1.165) is 12.8 Å². The van der Waals surface area contributed by atoms with Gasteiger partial charge in [-0.1, -0.05) is 18.2 Å². The van der Waals surface area contributed by atoms with Crippen LogP contribution in [0.15, 0.2) is 30.3 Å². The number of carbonyl (C=O) groups excluding carboxylic acids is 1. The first-order chi connectivity index (χ1) is 11.0. The molecule has 0 spiro atoms. The molecule has 1 aromatic carbocycles. The fourth-order valence-electron chi connectivity index (χ4n) is 2.78. The van der Waals surface area contributed by atoms with Gasteiger partial charge in [-0.25, -0.2) is 0 Å². The minimum Gasteiger partial charge on any atom is -0.337 e. The summed E-state index contributed by atoms with van der Waals surface area (Å²) in [7, 11) is 0. The predicted octanol–water partition coefficient (Wildman–Crippen LogP) is 3.36. The van der Waals surface area contributed by atoms with Gasteiger partial charge < -0.3 is 10.6 Å². The second kappa shape index (κ2) is 6.31. The second-order valence-electron chi connectivity index (χ2n) is 6.43. The lowest BCUT2D eigenvalue weighted by atomic mass is 9.98. The third-order valence-corrected chi connectivity index (χ3v) is 5.76. The molecule has 0 aliphatic heterocycles. The first-order valence-electron chi connectivity index (χ1n) is 7.96. The van der Waals surface area contributed by atoms with Crippen LogP contribution in [0.5, 0.6) is 0 Å². The first-order valence-corrected chi connectivity index (χ1v) is 8.77. The van der Waals surface area contributed by atoms with Crippen LogP contribution >= 0.6 is 11.3 Å². The maximum absolute atomic E-state index is 12.1. The fourth-order valence-corrected chi connectivity index (χ4v) is 3.87. The SMILES string of the molecule is C[C@@H](NCC(=O)N[C@](C)(C#N)C1CC1)c1cc2ccccc2s1. The minimum atomic E-state index is -0.723. The molecule has 1 aromatic heterocycles. The lowest BCUT2D eigenvalue weighted by Crippen LogP contribution is -2.49. The number of carbonyl (C=O) groups is 1. The van der Waals surface area contributed by atoms with Crippen LogP contribution in [0.25, 0.3) is 10.1 Å². The Morgan fingerprint density at radius 2 is 2.22 bits per heavy atom. The molecular weight excluding hydrogens is 306 g/mol. The zero-order valence-electron chi connectivity index (χ0n) is 13.4. The van der Waals surface area contributed by atoms with Gasteiger partial charge in [-0.3, -0.25) is 4.79 Å². The van der Waals surface area contributed by atoms with Crippen LogP contribution in [-0.2, 0) is 4.79 Å². The molecule has 0 bridgehead atoms. The van der Waals surface area contributed by atoms with Crippen molar-refractivity contribution < 1.29 is 4.79 Å². The molecule has 2 N–H and O–H groups in total. The van der Waals surface area contributed by atoms with Gasteiger partial charge in [-0.15, -0.1) is 11.3 Å². The van der Waals surface area contributed by atoms with Crippen molar-refractivity contribution >= 4 is 27.3 Å². The summed E-state index contributed by atoms with van der Waals surface area (Å²) in [5.74, 6) is 0.186. The Bertz CT molecular complexity index is 726. The molecule has 0 radical (unpaired) electrons. The number of nitrogens with zero attached hydrogens (tertiary/aromatic N) is 1. The number of thiophene rings is 1. The second-order valence-corrected chi connectivity index (χ2v) is 7.54. The van der Waals surface area contributed by atoms with E-state index < -0.39 is 5.54 Å². The van der Waals surface area contributed by atoms with Gasteiger partial charge in [-0.2, -0.15) is 5.26 Å². The van der Waals surface area contributed by atoms with E-state index in [0.29, 0.717) is 5.92 Å². The monoisotopic (exact) mass is 327 g/mol. The van der Waals surface area contributed by atoms with Crippen molar-refractivity contribution in [2.75, 3.05) is 6.54 Å². The van der Waals surface area contributed by atoms with Crippen LogP contribution in [0.4, 0.5) is 0 Å². The Morgan fingerprint density at radius 3 is 2.87 bits per heavy atom. The molecule has 4 nitrogen and oxygen atoms in total. The van der Waals surface area contributed by atoms with Gasteiger partial charge in [0.25, 0.3) is 0 Å². The van der Waals surface area contributed by atoms with Gasteiger partial charge in [0.05, 0.1) is 12.6 Å². The third-order valence-electron chi connectivity index (χ3n) is 4.47. The van der Waals surface area contributed by atoms with Crippen molar-refractivity contribution in [1.29, 1.82) is 5.26 Å². The van der Waals surface area contributed by atoms with Crippen molar-refractivity contribution in [3.63, 3.8) is 0 Å². The summed E-state index contributed by atoms with van der Waals surface area (Å²) in [6, 6.07) is 12.8. The molecule has 2 atom stereocenters. The van der Waals surface area contributed by atoms with E-state index in [1.165, 1.54) is 15.0 Å². The van der Waals surface area contributed by atoms with E-state index >= 15 is 0 Å². The van der Waals surface area contributed by atoms with Crippen molar-refractivity contribution in [1.82, 2.24) is 10.6 Å². The summed E-state index contributed by atoms with van der Waals surface area (Å²) in [4.78, 5) is 13.3. The molecule has 1 aliphatic carbocycles. The summed E-state index contributed by atoms with van der Waals surface area (Å²) in [6.07, 6.45) is 2.05. The average Bonchev–Trinajstić information content (AvgIpc) is 3.32. The Hall–Kier alpha value is -1.90. The number of rotatable bonds is 6. The van der Waals surface area contributed by atoms with Gasteiger partial charge in [0.2, 0.25) is 5.91 Å². The number of nitrogens with one attached hydrogen (secondary N) is 2. The predicted molar refractivity (Wildman–Crippen MR) is 93.1 cm³/mol. The topological polar surface area (TPSA) is 64.9 Å². The van der Waals surface area contributed by atoms with Crippen LogP contribution in [0, 0.1) is 17.2 Å². The number of nitriles is 1. The standard InChI is InChI=1S/C18H21N3OS/c1-12(16-9-13-5-3-4-6-15(13)23-16)20-10-17(22)21-18(2,11-19)14-7-8-14/h3-6,9,12,14,20H,7-8,10H2,1-2H3,(H,21,22)/t12-,18-/m1/s1. The maximum Gasteiger partial charge on any atom is 0.235 e. The summed E-state index contributed by atoms with van der Waals surface area (Å²) < 4.78 is 1.26. The Balaban J connectivity index is 1.57. The van der Waals surface area contributed by atoms with Gasteiger partial charge in [0, 0.05) is 15.6 Å². The molecule has 1 aliphatic rings. The van der Waals surface area contributed by atoms with Crippen molar-refractivity contribution in [3.05, 3.63) is 35.2 Å². The van der Waals surface area contributed by atoms with E-state index in [4.69, 9.17) is 0 Å². The highest BCUT2D eigenvalue weighted by Crippen LogP contribution is 2.39. The fraction of sp³-hybridized carbons (Fsp3) is 0.444.